The van der Waals surface area contributed by atoms with Gasteiger partial charge in [-0.15, -0.1) is 0 Å². The first-order chi connectivity index (χ1) is 14.8. The van der Waals surface area contributed by atoms with E-state index < -0.39 is 10.9 Å². The molecule has 1 fully saturated rings. The number of carboxylic acid groups (broad SMARTS) is 1. The molecular weight excluding hydrogens is 440 g/mol. The molecule has 0 aliphatic carbocycles. The van der Waals surface area contributed by atoms with Crippen molar-refractivity contribution in [3.8, 4) is 11.3 Å². The van der Waals surface area contributed by atoms with Gasteiger partial charge in [-0.25, -0.2) is 0 Å². The Hall–Kier alpha value is -2.98. The van der Waals surface area contributed by atoms with Crippen LogP contribution in [0.15, 0.2) is 39.7 Å². The smallest absolute Gasteiger partial charge is 0.303 e. The Morgan fingerprint density at radius 2 is 2.06 bits per heavy atom. The van der Waals surface area contributed by atoms with E-state index in [4.69, 9.17) is 21.7 Å². The van der Waals surface area contributed by atoms with Crippen LogP contribution in [0.5, 0.6) is 0 Å². The summed E-state index contributed by atoms with van der Waals surface area (Å²) in [7, 11) is 0. The van der Waals surface area contributed by atoms with Gasteiger partial charge in [-0.05, 0) is 43.5 Å². The molecule has 10 heteroatoms. The topological polar surface area (TPSA) is 114 Å². The van der Waals surface area contributed by atoms with E-state index in [1.165, 1.54) is 22.7 Å². The van der Waals surface area contributed by atoms with Gasteiger partial charge in [0, 0.05) is 25.1 Å². The molecule has 1 aliphatic heterocycles. The molecule has 0 spiro atoms. The van der Waals surface area contributed by atoms with Crippen molar-refractivity contribution in [2.45, 2.75) is 32.6 Å². The number of rotatable bonds is 9. The molecule has 1 N–H and O–H groups in total. The quantitative estimate of drug-likeness (QED) is 0.183. The highest BCUT2D eigenvalue weighted by Crippen LogP contribution is 2.35. The number of benzene rings is 1. The van der Waals surface area contributed by atoms with Crippen molar-refractivity contribution in [3.63, 3.8) is 0 Å². The minimum absolute atomic E-state index is 0.0462. The van der Waals surface area contributed by atoms with Gasteiger partial charge in [0.05, 0.1) is 15.4 Å². The summed E-state index contributed by atoms with van der Waals surface area (Å²) in [5, 5.41) is 20.0. The summed E-state index contributed by atoms with van der Waals surface area (Å²) in [6.45, 7) is 2.21. The molecule has 162 valence electrons. The number of thiocarbonyl (C=S) groups is 1. The molecule has 3 rings (SSSR count). The maximum atomic E-state index is 12.7. The second kappa shape index (κ2) is 9.88. The molecule has 1 aromatic carbocycles. The maximum absolute atomic E-state index is 12.7. The van der Waals surface area contributed by atoms with Crippen LogP contribution in [0.25, 0.3) is 17.4 Å². The lowest BCUT2D eigenvalue weighted by molar-refractivity contribution is -0.384. The SMILES string of the molecule is Cc1ccc(-c2ccc(/C=C3/SC(=S)N(CCCCCC(=O)O)C3=O)o2)c([N+](=O)[O-])c1. The van der Waals surface area contributed by atoms with Crippen molar-refractivity contribution in [2.75, 3.05) is 6.54 Å². The van der Waals surface area contributed by atoms with Crippen LogP contribution in [0, 0.1) is 17.0 Å². The summed E-state index contributed by atoms with van der Waals surface area (Å²) in [6.07, 6.45) is 3.60. The normalized spacial score (nSPS) is 15.1. The van der Waals surface area contributed by atoms with Crippen molar-refractivity contribution in [2.24, 2.45) is 0 Å². The zero-order valence-corrected chi connectivity index (χ0v) is 18.3. The summed E-state index contributed by atoms with van der Waals surface area (Å²) in [4.78, 5) is 36.1. The number of unbranched alkanes of at least 4 members (excludes halogenated alkanes) is 2. The lowest BCUT2D eigenvalue weighted by Crippen LogP contribution is -2.29. The number of aryl methyl sites for hydroxylation is 1. The highest BCUT2D eigenvalue weighted by molar-refractivity contribution is 8.26. The van der Waals surface area contributed by atoms with Crippen LogP contribution in [0.4, 0.5) is 5.69 Å². The molecule has 0 atom stereocenters. The number of furan rings is 1. The first kappa shape index (κ1) is 22.7. The minimum Gasteiger partial charge on any atom is -0.481 e. The van der Waals surface area contributed by atoms with Crippen molar-refractivity contribution >= 4 is 51.9 Å². The van der Waals surface area contributed by atoms with E-state index >= 15 is 0 Å². The molecule has 31 heavy (non-hydrogen) atoms. The van der Waals surface area contributed by atoms with Crippen LogP contribution in [0.1, 0.15) is 37.0 Å². The lowest BCUT2D eigenvalue weighted by atomic mass is 10.1. The van der Waals surface area contributed by atoms with Crippen LogP contribution in [-0.2, 0) is 9.59 Å². The summed E-state index contributed by atoms with van der Waals surface area (Å²) in [6, 6.07) is 8.18. The Balaban J connectivity index is 1.70. The van der Waals surface area contributed by atoms with E-state index in [1.807, 2.05) is 0 Å². The van der Waals surface area contributed by atoms with E-state index in [2.05, 4.69) is 0 Å². The van der Waals surface area contributed by atoms with Crippen molar-refractivity contribution in [3.05, 3.63) is 56.7 Å². The molecule has 1 amide bonds. The molecule has 1 aliphatic rings. The summed E-state index contributed by atoms with van der Waals surface area (Å²) in [5.41, 5.74) is 1.09. The third-order valence-corrected chi connectivity index (χ3v) is 6.04. The van der Waals surface area contributed by atoms with E-state index in [0.29, 0.717) is 52.1 Å². The number of hydrogen-bond donors (Lipinski definition) is 1. The second-order valence-corrected chi connectivity index (χ2v) is 8.69. The first-order valence-corrected chi connectivity index (χ1v) is 10.8. The molecule has 1 aromatic heterocycles. The van der Waals surface area contributed by atoms with Gasteiger partial charge in [0.1, 0.15) is 15.8 Å². The predicted octanol–water partition coefficient (Wildman–Crippen LogP) is 5.01. The van der Waals surface area contributed by atoms with Crippen LogP contribution < -0.4 is 0 Å². The Morgan fingerprint density at radius 1 is 1.29 bits per heavy atom. The molecule has 0 bridgehead atoms. The number of aliphatic carboxylic acids is 1. The van der Waals surface area contributed by atoms with Gasteiger partial charge < -0.3 is 9.52 Å². The molecule has 0 saturated carbocycles. The number of carbonyl (C=O) groups excluding carboxylic acids is 1. The molecule has 8 nitrogen and oxygen atoms in total. The summed E-state index contributed by atoms with van der Waals surface area (Å²) in [5.74, 6) is -0.325. The Bertz CT molecular complexity index is 1080. The largest absolute Gasteiger partial charge is 0.481 e. The van der Waals surface area contributed by atoms with Gasteiger partial charge >= 0.3 is 5.97 Å². The van der Waals surface area contributed by atoms with Crippen LogP contribution >= 0.6 is 24.0 Å². The fourth-order valence-corrected chi connectivity index (χ4v) is 4.41. The Kier molecular flexibility index (Phi) is 7.24. The monoisotopic (exact) mass is 460 g/mol. The molecule has 0 radical (unpaired) electrons. The molecule has 2 aromatic rings. The van der Waals surface area contributed by atoms with Crippen molar-refractivity contribution in [1.29, 1.82) is 0 Å². The van der Waals surface area contributed by atoms with Gasteiger partial charge in [0.2, 0.25) is 0 Å². The molecule has 1 saturated heterocycles. The number of carboxylic acids is 1. The second-order valence-electron chi connectivity index (χ2n) is 7.02. The number of carbonyl (C=O) groups is 2. The fourth-order valence-electron chi connectivity index (χ4n) is 3.12. The third kappa shape index (κ3) is 5.59. The van der Waals surface area contributed by atoms with Crippen molar-refractivity contribution < 1.29 is 24.0 Å². The highest BCUT2D eigenvalue weighted by Gasteiger charge is 2.31. The van der Waals surface area contributed by atoms with Gasteiger partial charge in [0.15, 0.2) is 0 Å². The van der Waals surface area contributed by atoms with Crippen LogP contribution in [0.3, 0.4) is 0 Å². The van der Waals surface area contributed by atoms with Gasteiger partial charge in [-0.1, -0.05) is 36.5 Å². The van der Waals surface area contributed by atoms with Crippen molar-refractivity contribution in [1.82, 2.24) is 4.90 Å². The average molecular weight is 461 g/mol. The number of thioether (sulfide) groups is 1. The molecule has 0 unspecified atom stereocenters. The van der Waals surface area contributed by atoms with Crippen LogP contribution in [0.2, 0.25) is 0 Å². The number of nitro benzene ring substituents is 1. The number of hydrogen-bond acceptors (Lipinski definition) is 7. The maximum Gasteiger partial charge on any atom is 0.303 e. The van der Waals surface area contributed by atoms with E-state index in [-0.39, 0.29) is 18.0 Å². The standard InChI is InChI=1S/C21H20N2O6S2/c1-13-6-8-15(16(11-13)23(27)28)17-9-7-14(29-17)12-18-20(26)22(21(30)31-18)10-4-2-3-5-19(24)25/h6-9,11-12H,2-5,10H2,1H3,(H,24,25)/b18-12+. The minimum atomic E-state index is -0.831. The van der Waals surface area contributed by atoms with Gasteiger partial charge in [0.25, 0.3) is 11.6 Å². The van der Waals surface area contributed by atoms with Crippen LogP contribution in [-0.4, -0.2) is 37.7 Å². The Labute approximate surface area is 188 Å². The summed E-state index contributed by atoms with van der Waals surface area (Å²) >= 11 is 6.46. The Morgan fingerprint density at radius 3 is 2.77 bits per heavy atom. The van der Waals surface area contributed by atoms with Gasteiger partial charge in [-0.3, -0.25) is 24.6 Å². The van der Waals surface area contributed by atoms with Gasteiger partial charge in [-0.2, -0.15) is 0 Å². The zero-order chi connectivity index (χ0) is 22.5. The zero-order valence-electron chi connectivity index (χ0n) is 16.7. The third-order valence-electron chi connectivity index (χ3n) is 4.66. The molecular formula is C21H20N2O6S2. The predicted molar refractivity (Wildman–Crippen MR) is 122 cm³/mol. The molecule has 2 heterocycles. The lowest BCUT2D eigenvalue weighted by Gasteiger charge is -2.13. The first-order valence-electron chi connectivity index (χ1n) is 9.58. The van der Waals surface area contributed by atoms with E-state index in [0.717, 1.165) is 5.56 Å². The number of nitro groups is 1. The van der Waals surface area contributed by atoms with E-state index in [1.54, 1.807) is 37.3 Å². The summed E-state index contributed by atoms with van der Waals surface area (Å²) < 4.78 is 6.19. The highest BCUT2D eigenvalue weighted by atomic mass is 32.2. The number of amides is 1. The fraction of sp³-hybridized carbons (Fsp3) is 0.286. The number of nitrogens with zero attached hydrogens (tertiary/aromatic N) is 2. The van der Waals surface area contributed by atoms with E-state index in [9.17, 15) is 19.7 Å². The average Bonchev–Trinajstić information content (AvgIpc) is 3.27.